The third kappa shape index (κ3) is 1.04. The Hall–Kier alpha value is -0.470. The minimum Gasteiger partial charge on any atom is -0.331 e. The maximum absolute atomic E-state index is 10.3. The maximum atomic E-state index is 10.3. The predicted molar refractivity (Wildman–Crippen MR) is 40.8 cm³/mol. The second-order valence-corrected chi connectivity index (χ2v) is 2.67. The van der Waals surface area contributed by atoms with Crippen LogP contribution in [0.25, 0.3) is 0 Å². The highest BCUT2D eigenvalue weighted by molar-refractivity contribution is 6.36. The van der Waals surface area contributed by atoms with E-state index in [4.69, 9.17) is 23.2 Å². The summed E-state index contributed by atoms with van der Waals surface area (Å²) in [6.07, 6.45) is 0.675. The topological polar surface area (TPSA) is 22.0 Å². The number of hydrogen-bond donors (Lipinski definition) is 0. The van der Waals surface area contributed by atoms with E-state index in [1.165, 1.54) is 10.6 Å². The van der Waals surface area contributed by atoms with Crippen molar-refractivity contribution in [1.29, 1.82) is 0 Å². The number of carbonyl (C=O) groups excluding carboxylic acids is 1. The van der Waals surface area contributed by atoms with E-state index < -0.39 is 0 Å². The van der Waals surface area contributed by atoms with Crippen molar-refractivity contribution in [2.24, 2.45) is 7.05 Å². The van der Waals surface area contributed by atoms with Crippen LogP contribution in [0.4, 0.5) is 0 Å². The highest BCUT2D eigenvalue weighted by Crippen LogP contribution is 2.21. The molecule has 0 saturated carbocycles. The van der Waals surface area contributed by atoms with Gasteiger partial charge in [0.05, 0.1) is 5.02 Å². The Bertz CT molecular complexity index is 267. The third-order valence-electron chi connectivity index (χ3n) is 1.28. The SMILES string of the molecule is Cn1c(Cl)cc(Cl)c1C=O. The highest BCUT2D eigenvalue weighted by Gasteiger charge is 2.06. The Kier molecular flexibility index (Phi) is 2.02. The first-order chi connectivity index (χ1) is 4.66. The van der Waals surface area contributed by atoms with Gasteiger partial charge in [0.2, 0.25) is 0 Å². The second-order valence-electron chi connectivity index (χ2n) is 1.88. The zero-order chi connectivity index (χ0) is 7.72. The summed E-state index contributed by atoms with van der Waals surface area (Å²) in [5.41, 5.74) is 0.409. The molecule has 1 heterocycles. The molecule has 4 heteroatoms. The summed E-state index contributed by atoms with van der Waals surface area (Å²) in [4.78, 5) is 10.3. The van der Waals surface area contributed by atoms with Crippen LogP contribution in [0.15, 0.2) is 6.07 Å². The summed E-state index contributed by atoms with van der Waals surface area (Å²) in [6, 6.07) is 1.53. The molecule has 0 aliphatic carbocycles. The van der Waals surface area contributed by atoms with Crippen LogP contribution in [-0.4, -0.2) is 10.9 Å². The van der Waals surface area contributed by atoms with E-state index >= 15 is 0 Å². The maximum Gasteiger partial charge on any atom is 0.168 e. The average molecular weight is 178 g/mol. The van der Waals surface area contributed by atoms with E-state index in [2.05, 4.69) is 0 Å². The van der Waals surface area contributed by atoms with Crippen molar-refractivity contribution in [2.45, 2.75) is 0 Å². The van der Waals surface area contributed by atoms with Gasteiger partial charge in [0, 0.05) is 7.05 Å². The molecule has 0 aromatic carbocycles. The van der Waals surface area contributed by atoms with Gasteiger partial charge in [-0.25, -0.2) is 0 Å². The lowest BCUT2D eigenvalue weighted by Gasteiger charge is -1.94. The number of aldehydes is 1. The van der Waals surface area contributed by atoms with Crippen molar-refractivity contribution in [3.05, 3.63) is 21.9 Å². The number of aromatic nitrogens is 1. The standard InChI is InChI=1S/C6H5Cl2NO/c1-9-5(3-10)4(7)2-6(9)8/h2-3H,1H3. The van der Waals surface area contributed by atoms with Gasteiger partial charge in [-0.2, -0.15) is 0 Å². The van der Waals surface area contributed by atoms with Crippen LogP contribution in [0.1, 0.15) is 10.5 Å². The van der Waals surface area contributed by atoms with Crippen molar-refractivity contribution >= 4 is 29.5 Å². The first kappa shape index (κ1) is 7.63. The van der Waals surface area contributed by atoms with Crippen LogP contribution < -0.4 is 0 Å². The largest absolute Gasteiger partial charge is 0.331 e. The Morgan fingerprint density at radius 1 is 1.60 bits per heavy atom. The lowest BCUT2D eigenvalue weighted by molar-refractivity contribution is 0.111. The molecule has 2 nitrogen and oxygen atoms in total. The minimum atomic E-state index is 0.391. The van der Waals surface area contributed by atoms with Gasteiger partial charge in [0.1, 0.15) is 10.8 Å². The van der Waals surface area contributed by atoms with Gasteiger partial charge < -0.3 is 4.57 Å². The first-order valence-corrected chi connectivity index (χ1v) is 3.38. The van der Waals surface area contributed by atoms with E-state index in [0.29, 0.717) is 22.2 Å². The number of nitrogens with zero attached hydrogens (tertiary/aromatic N) is 1. The van der Waals surface area contributed by atoms with Crippen molar-refractivity contribution in [2.75, 3.05) is 0 Å². The summed E-state index contributed by atoms with van der Waals surface area (Å²) in [7, 11) is 1.68. The molecule has 0 atom stereocenters. The molecule has 10 heavy (non-hydrogen) atoms. The molecule has 0 aliphatic rings. The van der Waals surface area contributed by atoms with Crippen LogP contribution >= 0.6 is 23.2 Å². The van der Waals surface area contributed by atoms with Gasteiger partial charge in [-0.15, -0.1) is 0 Å². The predicted octanol–water partition coefficient (Wildman–Crippen LogP) is 2.14. The van der Waals surface area contributed by atoms with E-state index in [-0.39, 0.29) is 0 Å². The Morgan fingerprint density at radius 2 is 2.20 bits per heavy atom. The fraction of sp³-hybridized carbons (Fsp3) is 0.167. The quantitative estimate of drug-likeness (QED) is 0.603. The van der Waals surface area contributed by atoms with Gasteiger partial charge >= 0.3 is 0 Å². The Morgan fingerprint density at radius 3 is 2.40 bits per heavy atom. The summed E-state index contributed by atoms with van der Waals surface area (Å²) in [6.45, 7) is 0. The Labute approximate surface area is 68.3 Å². The summed E-state index contributed by atoms with van der Waals surface area (Å²) >= 11 is 11.2. The van der Waals surface area contributed by atoms with Crippen LogP contribution in [0.2, 0.25) is 10.2 Å². The number of halogens is 2. The molecular formula is C6H5Cl2NO. The van der Waals surface area contributed by atoms with Crippen molar-refractivity contribution in [3.63, 3.8) is 0 Å². The van der Waals surface area contributed by atoms with E-state index in [1.807, 2.05) is 0 Å². The minimum absolute atomic E-state index is 0.391. The number of hydrogen-bond acceptors (Lipinski definition) is 1. The van der Waals surface area contributed by atoms with Gasteiger partial charge in [-0.3, -0.25) is 4.79 Å². The van der Waals surface area contributed by atoms with Crippen LogP contribution in [0.3, 0.4) is 0 Å². The Balaban J connectivity index is 3.33. The molecular weight excluding hydrogens is 173 g/mol. The average Bonchev–Trinajstić information content (AvgIpc) is 2.09. The van der Waals surface area contributed by atoms with Crippen molar-refractivity contribution in [1.82, 2.24) is 4.57 Å². The number of carbonyl (C=O) groups is 1. The summed E-state index contributed by atoms with van der Waals surface area (Å²) in [5.74, 6) is 0. The van der Waals surface area contributed by atoms with Crippen molar-refractivity contribution < 1.29 is 4.79 Å². The van der Waals surface area contributed by atoms with E-state index in [1.54, 1.807) is 7.05 Å². The number of rotatable bonds is 1. The van der Waals surface area contributed by atoms with Gasteiger partial charge in [-0.1, -0.05) is 23.2 Å². The molecule has 0 radical (unpaired) electrons. The molecule has 54 valence electrons. The smallest absolute Gasteiger partial charge is 0.168 e. The molecule has 0 amide bonds. The fourth-order valence-corrected chi connectivity index (χ4v) is 1.22. The first-order valence-electron chi connectivity index (χ1n) is 2.62. The molecule has 0 aliphatic heterocycles. The normalized spacial score (nSPS) is 9.90. The van der Waals surface area contributed by atoms with E-state index in [9.17, 15) is 4.79 Å². The fourth-order valence-electron chi connectivity index (χ4n) is 0.686. The molecule has 0 fully saturated rings. The molecule has 0 saturated heterocycles. The summed E-state index contributed by atoms with van der Waals surface area (Å²) in [5, 5.41) is 0.856. The molecule has 0 N–H and O–H groups in total. The van der Waals surface area contributed by atoms with Gasteiger partial charge in [0.25, 0.3) is 0 Å². The van der Waals surface area contributed by atoms with Gasteiger partial charge in [-0.05, 0) is 6.07 Å². The second kappa shape index (κ2) is 2.64. The zero-order valence-electron chi connectivity index (χ0n) is 5.27. The van der Waals surface area contributed by atoms with E-state index in [0.717, 1.165) is 0 Å². The van der Waals surface area contributed by atoms with Crippen LogP contribution in [0, 0.1) is 0 Å². The van der Waals surface area contributed by atoms with Gasteiger partial charge in [0.15, 0.2) is 6.29 Å². The molecule has 0 unspecified atom stereocenters. The molecule has 1 aromatic heterocycles. The highest BCUT2D eigenvalue weighted by atomic mass is 35.5. The lowest BCUT2D eigenvalue weighted by Crippen LogP contribution is -1.93. The third-order valence-corrected chi connectivity index (χ3v) is 1.95. The molecule has 1 aromatic rings. The molecule has 0 bridgehead atoms. The zero-order valence-corrected chi connectivity index (χ0v) is 6.78. The monoisotopic (exact) mass is 177 g/mol. The lowest BCUT2D eigenvalue weighted by atomic mass is 10.5. The van der Waals surface area contributed by atoms with Crippen LogP contribution in [0.5, 0.6) is 0 Å². The molecule has 1 rings (SSSR count). The molecule has 0 spiro atoms. The summed E-state index contributed by atoms with van der Waals surface area (Å²) < 4.78 is 1.52. The van der Waals surface area contributed by atoms with Crippen LogP contribution in [-0.2, 0) is 7.05 Å². The van der Waals surface area contributed by atoms with Crippen molar-refractivity contribution in [3.8, 4) is 0 Å².